The lowest BCUT2D eigenvalue weighted by Crippen LogP contribution is -2.39. The van der Waals surface area contributed by atoms with Crippen LogP contribution in [0.2, 0.25) is 0 Å². The molecule has 0 aliphatic heterocycles. The number of aromatic nitrogens is 2. The molecular weight excluding hydrogens is 358 g/mol. The van der Waals surface area contributed by atoms with Crippen LogP contribution in [0.25, 0.3) is 11.5 Å². The number of carbonyl (C=O) groups is 1. The van der Waals surface area contributed by atoms with E-state index in [9.17, 15) is 4.79 Å². The van der Waals surface area contributed by atoms with Crippen molar-refractivity contribution >= 4 is 17.2 Å². The van der Waals surface area contributed by atoms with E-state index in [-0.39, 0.29) is 11.3 Å². The standard InChI is InChI=1S/C21H23N3O2S/c25-18(8-9-19-23-24-20(26-19)16-10-13-27-14-16)22-15-21(11-4-5-12-21)17-6-2-1-3-7-17/h1-3,6-7,10,13-14H,4-5,8-9,11-12,15H2,(H,22,25). The van der Waals surface area contributed by atoms with Gasteiger partial charge in [-0.25, -0.2) is 0 Å². The highest BCUT2D eigenvalue weighted by Gasteiger charge is 2.35. The van der Waals surface area contributed by atoms with Gasteiger partial charge >= 0.3 is 0 Å². The van der Waals surface area contributed by atoms with E-state index in [1.807, 2.05) is 22.9 Å². The van der Waals surface area contributed by atoms with Gasteiger partial charge in [0, 0.05) is 35.7 Å². The van der Waals surface area contributed by atoms with Gasteiger partial charge in [0.25, 0.3) is 0 Å². The number of hydrogen-bond acceptors (Lipinski definition) is 5. The lowest BCUT2D eigenvalue weighted by atomic mass is 9.79. The molecule has 1 aromatic carbocycles. The molecule has 1 aliphatic rings. The Bertz CT molecular complexity index is 868. The highest BCUT2D eigenvalue weighted by Crippen LogP contribution is 2.40. The Balaban J connectivity index is 1.32. The van der Waals surface area contributed by atoms with Crippen molar-refractivity contribution in [1.82, 2.24) is 15.5 Å². The molecule has 5 nitrogen and oxygen atoms in total. The van der Waals surface area contributed by atoms with E-state index in [2.05, 4.69) is 39.8 Å². The highest BCUT2D eigenvalue weighted by atomic mass is 32.1. The smallest absolute Gasteiger partial charge is 0.248 e. The minimum atomic E-state index is 0.0347. The third-order valence-corrected chi connectivity index (χ3v) is 6.05. The van der Waals surface area contributed by atoms with Crippen LogP contribution in [0.4, 0.5) is 0 Å². The van der Waals surface area contributed by atoms with E-state index in [0.717, 1.165) is 18.4 Å². The predicted octanol–water partition coefficient (Wildman–Crippen LogP) is 4.36. The molecule has 1 amide bonds. The summed E-state index contributed by atoms with van der Waals surface area (Å²) in [5.41, 5.74) is 2.34. The zero-order chi connectivity index (χ0) is 18.5. The maximum absolute atomic E-state index is 12.4. The molecular formula is C21H23N3O2S. The summed E-state index contributed by atoms with van der Waals surface area (Å²) >= 11 is 1.59. The Morgan fingerprint density at radius 1 is 1.15 bits per heavy atom. The summed E-state index contributed by atoms with van der Waals surface area (Å²) in [5, 5.41) is 15.2. The van der Waals surface area contributed by atoms with Crippen LogP contribution in [0.15, 0.2) is 51.6 Å². The molecule has 0 atom stereocenters. The molecule has 1 fully saturated rings. The Hall–Kier alpha value is -2.47. The summed E-state index contributed by atoms with van der Waals surface area (Å²) in [6, 6.07) is 12.5. The lowest BCUT2D eigenvalue weighted by Gasteiger charge is -2.30. The van der Waals surface area contributed by atoms with E-state index in [0.29, 0.717) is 31.2 Å². The number of rotatable bonds is 7. The predicted molar refractivity (Wildman–Crippen MR) is 106 cm³/mol. The fourth-order valence-corrected chi connectivity index (χ4v) is 4.47. The summed E-state index contributed by atoms with van der Waals surface area (Å²) in [5.74, 6) is 1.05. The summed E-state index contributed by atoms with van der Waals surface area (Å²) in [6.45, 7) is 0.694. The molecule has 140 valence electrons. The van der Waals surface area contributed by atoms with E-state index in [4.69, 9.17) is 4.42 Å². The van der Waals surface area contributed by atoms with Gasteiger partial charge in [-0.2, -0.15) is 11.3 Å². The Kier molecular flexibility index (Phi) is 5.34. The molecule has 4 rings (SSSR count). The summed E-state index contributed by atoms with van der Waals surface area (Å²) in [4.78, 5) is 12.4. The molecule has 0 bridgehead atoms. The van der Waals surface area contributed by atoms with Crippen molar-refractivity contribution in [3.63, 3.8) is 0 Å². The molecule has 1 saturated carbocycles. The van der Waals surface area contributed by atoms with E-state index in [1.165, 1.54) is 18.4 Å². The van der Waals surface area contributed by atoms with Crippen molar-refractivity contribution < 1.29 is 9.21 Å². The molecule has 2 aromatic heterocycles. The molecule has 6 heteroatoms. The Labute approximate surface area is 162 Å². The van der Waals surface area contributed by atoms with Crippen molar-refractivity contribution in [2.24, 2.45) is 0 Å². The summed E-state index contributed by atoms with van der Waals surface area (Å²) in [6.07, 6.45) is 5.52. The first-order chi connectivity index (χ1) is 13.3. The van der Waals surface area contributed by atoms with Crippen LogP contribution in [0.1, 0.15) is 43.6 Å². The molecule has 27 heavy (non-hydrogen) atoms. The zero-order valence-corrected chi connectivity index (χ0v) is 16.0. The van der Waals surface area contributed by atoms with Crippen LogP contribution in [0, 0.1) is 0 Å². The molecule has 2 heterocycles. The minimum absolute atomic E-state index is 0.0347. The van der Waals surface area contributed by atoms with Crippen LogP contribution in [0.3, 0.4) is 0 Å². The number of thiophene rings is 1. The van der Waals surface area contributed by atoms with Crippen molar-refractivity contribution in [2.75, 3.05) is 6.54 Å². The van der Waals surface area contributed by atoms with Crippen molar-refractivity contribution in [3.8, 4) is 11.5 Å². The maximum atomic E-state index is 12.4. The number of nitrogens with zero attached hydrogens (tertiary/aromatic N) is 2. The fourth-order valence-electron chi connectivity index (χ4n) is 3.85. The van der Waals surface area contributed by atoms with Gasteiger partial charge in [-0.1, -0.05) is 43.2 Å². The lowest BCUT2D eigenvalue weighted by molar-refractivity contribution is -0.121. The molecule has 0 unspecified atom stereocenters. The first kappa shape index (κ1) is 17.9. The first-order valence-electron chi connectivity index (χ1n) is 9.42. The fraction of sp³-hybridized carbons (Fsp3) is 0.381. The minimum Gasteiger partial charge on any atom is -0.421 e. The number of nitrogens with one attached hydrogen (secondary N) is 1. The van der Waals surface area contributed by atoms with Gasteiger partial charge in [0.1, 0.15) is 0 Å². The SMILES string of the molecule is O=C(CCc1nnc(-c2ccsc2)o1)NCC1(c2ccccc2)CCCC1. The summed E-state index contributed by atoms with van der Waals surface area (Å²) in [7, 11) is 0. The number of benzene rings is 1. The summed E-state index contributed by atoms with van der Waals surface area (Å²) < 4.78 is 5.65. The van der Waals surface area contributed by atoms with E-state index < -0.39 is 0 Å². The maximum Gasteiger partial charge on any atom is 0.248 e. The van der Waals surface area contributed by atoms with E-state index >= 15 is 0 Å². The van der Waals surface area contributed by atoms with Gasteiger partial charge in [0.05, 0.1) is 0 Å². The van der Waals surface area contributed by atoms with Crippen molar-refractivity contribution in [1.29, 1.82) is 0 Å². The van der Waals surface area contributed by atoms with Crippen LogP contribution in [-0.2, 0) is 16.6 Å². The largest absolute Gasteiger partial charge is 0.421 e. The van der Waals surface area contributed by atoms with Gasteiger partial charge in [-0.15, -0.1) is 10.2 Å². The number of amides is 1. The second-order valence-electron chi connectivity index (χ2n) is 7.14. The number of carbonyl (C=O) groups excluding carboxylic acids is 1. The van der Waals surface area contributed by atoms with Crippen molar-refractivity contribution in [2.45, 2.75) is 43.9 Å². The average molecular weight is 382 g/mol. The normalized spacial score (nSPS) is 15.7. The molecule has 1 N–H and O–H groups in total. The van der Waals surface area contributed by atoms with Gasteiger partial charge in [0.2, 0.25) is 17.7 Å². The Morgan fingerprint density at radius 2 is 1.96 bits per heavy atom. The molecule has 0 saturated heterocycles. The third-order valence-electron chi connectivity index (χ3n) is 5.37. The van der Waals surface area contributed by atoms with E-state index in [1.54, 1.807) is 11.3 Å². The number of aryl methyl sites for hydroxylation is 1. The van der Waals surface area contributed by atoms with Gasteiger partial charge in [-0.05, 0) is 29.9 Å². The first-order valence-corrected chi connectivity index (χ1v) is 10.4. The topological polar surface area (TPSA) is 68.0 Å². The quantitative estimate of drug-likeness (QED) is 0.660. The van der Waals surface area contributed by atoms with Gasteiger partial charge in [0.15, 0.2) is 0 Å². The van der Waals surface area contributed by atoms with Crippen LogP contribution >= 0.6 is 11.3 Å². The third kappa shape index (κ3) is 4.11. The van der Waals surface area contributed by atoms with Crippen molar-refractivity contribution in [3.05, 3.63) is 58.6 Å². The van der Waals surface area contributed by atoms with Gasteiger partial charge < -0.3 is 9.73 Å². The monoisotopic (exact) mass is 381 g/mol. The highest BCUT2D eigenvalue weighted by molar-refractivity contribution is 7.08. The molecule has 0 spiro atoms. The second kappa shape index (κ2) is 8.05. The van der Waals surface area contributed by atoms with Gasteiger partial charge in [-0.3, -0.25) is 4.79 Å². The van der Waals surface area contributed by atoms with Crippen LogP contribution < -0.4 is 5.32 Å². The number of hydrogen-bond donors (Lipinski definition) is 1. The Morgan fingerprint density at radius 3 is 2.70 bits per heavy atom. The van der Waals surface area contributed by atoms with Crippen LogP contribution in [-0.4, -0.2) is 22.6 Å². The average Bonchev–Trinajstić information content (AvgIpc) is 3.47. The molecule has 1 aliphatic carbocycles. The zero-order valence-electron chi connectivity index (χ0n) is 15.2. The van der Waals surface area contributed by atoms with Crippen LogP contribution in [0.5, 0.6) is 0 Å². The second-order valence-corrected chi connectivity index (χ2v) is 7.92. The molecule has 0 radical (unpaired) electrons. The molecule has 3 aromatic rings.